The van der Waals surface area contributed by atoms with Crippen LogP contribution in [0.2, 0.25) is 0 Å². The molecule has 0 aromatic heterocycles. The molecule has 1 aliphatic rings. The molecular weight excluding hydrogens is 510 g/mol. The molecule has 5 amide bonds. The first-order chi connectivity index (χ1) is 19.1. The Morgan fingerprint density at radius 3 is 2.17 bits per heavy atom. The lowest BCUT2D eigenvalue weighted by Crippen LogP contribution is -2.58. The molecule has 1 aliphatic heterocycles. The summed E-state index contributed by atoms with van der Waals surface area (Å²) in [4.78, 5) is 44.2. The summed E-state index contributed by atoms with van der Waals surface area (Å²) >= 11 is 0. The van der Waals surface area contributed by atoms with Crippen LogP contribution in [0.15, 0.2) is 90.0 Å². The summed E-state index contributed by atoms with van der Waals surface area (Å²) in [6.07, 6.45) is 0.356. The van der Waals surface area contributed by atoms with Gasteiger partial charge in [0.2, 0.25) is 0 Å². The van der Waals surface area contributed by atoms with Crippen molar-refractivity contribution < 1.29 is 19.6 Å². The van der Waals surface area contributed by atoms with Crippen molar-refractivity contribution in [1.82, 2.24) is 15.4 Å². The van der Waals surface area contributed by atoms with E-state index in [1.54, 1.807) is 74.5 Å². The molecule has 3 N–H and O–H groups in total. The molecule has 0 bridgehead atoms. The molecule has 1 heterocycles. The van der Waals surface area contributed by atoms with Crippen LogP contribution in [0.1, 0.15) is 19.4 Å². The number of anilines is 3. The fourth-order valence-electron chi connectivity index (χ4n) is 4.49. The van der Waals surface area contributed by atoms with Crippen LogP contribution < -0.4 is 20.5 Å². The fraction of sp³-hybridized carbons (Fsp3) is 0.241. The monoisotopic (exact) mass is 543 g/mol. The number of nitrogens with one attached hydrogen (secondary N) is 2. The Balaban J connectivity index is 1.52. The van der Waals surface area contributed by atoms with Crippen molar-refractivity contribution in [2.45, 2.75) is 25.6 Å². The number of hydrogen-bond donors (Lipinski definition) is 3. The molecule has 1 saturated heterocycles. The smallest absolute Gasteiger partial charge is 0.347 e. The summed E-state index contributed by atoms with van der Waals surface area (Å²) in [6, 6.07) is 23.6. The number of nitrogens with zero attached hydrogens (tertiary/aromatic N) is 5. The van der Waals surface area contributed by atoms with Crippen LogP contribution in [0, 0.1) is 0 Å². The zero-order valence-corrected chi connectivity index (χ0v) is 22.9. The van der Waals surface area contributed by atoms with E-state index >= 15 is 0 Å². The largest absolute Gasteiger partial charge is 0.378 e. The summed E-state index contributed by atoms with van der Waals surface area (Å²) in [6.45, 7) is 3.01. The van der Waals surface area contributed by atoms with Gasteiger partial charge in [-0.3, -0.25) is 14.9 Å². The number of amides is 5. The predicted molar refractivity (Wildman–Crippen MR) is 154 cm³/mol. The lowest BCUT2D eigenvalue weighted by molar-refractivity contribution is -0.124. The summed E-state index contributed by atoms with van der Waals surface area (Å²) in [5.74, 6) is -0.533. The zero-order valence-electron chi connectivity index (χ0n) is 22.9. The molecular formula is C29H33N7O4. The lowest BCUT2D eigenvalue weighted by Gasteiger charge is -2.38. The number of carbonyl (C=O) groups is 3. The van der Waals surface area contributed by atoms with Gasteiger partial charge < -0.3 is 15.1 Å². The van der Waals surface area contributed by atoms with Crippen LogP contribution in [0.25, 0.3) is 0 Å². The standard InChI is InChI=1S/C29H33N7O4/c1-29(2)26(36(40)27(38)31-22-11-7-5-8-12-22)35(24-13-9-6-10-14-24)28(39)34(29)20-25(37)32-30-19-21-15-17-23(18-16-21)33(3)4/h5-19,26,40H,20H2,1-4H3,(H,31,38)(H,32,37)/t26-/m0/s1. The number of hydrazone groups is 1. The molecule has 208 valence electrons. The summed E-state index contributed by atoms with van der Waals surface area (Å²) in [5.41, 5.74) is 4.04. The molecule has 1 atom stereocenters. The molecule has 11 nitrogen and oxygen atoms in total. The summed E-state index contributed by atoms with van der Waals surface area (Å²) in [5, 5.41) is 18.3. The average molecular weight is 544 g/mol. The highest BCUT2D eigenvalue weighted by Crippen LogP contribution is 2.37. The highest BCUT2D eigenvalue weighted by atomic mass is 16.5. The van der Waals surface area contributed by atoms with Gasteiger partial charge in [0.1, 0.15) is 6.54 Å². The Kier molecular flexibility index (Phi) is 8.34. The molecule has 0 unspecified atom stereocenters. The van der Waals surface area contributed by atoms with E-state index in [9.17, 15) is 19.6 Å². The van der Waals surface area contributed by atoms with Crippen LogP contribution in [0.3, 0.4) is 0 Å². The molecule has 0 radical (unpaired) electrons. The Morgan fingerprint density at radius 2 is 1.57 bits per heavy atom. The highest BCUT2D eigenvalue weighted by Gasteiger charge is 2.56. The van der Waals surface area contributed by atoms with Gasteiger partial charge >= 0.3 is 12.1 Å². The van der Waals surface area contributed by atoms with E-state index < -0.39 is 29.7 Å². The van der Waals surface area contributed by atoms with E-state index in [-0.39, 0.29) is 6.54 Å². The molecule has 3 aromatic rings. The Hall–Kier alpha value is -4.90. The van der Waals surface area contributed by atoms with Gasteiger partial charge in [0.05, 0.1) is 11.8 Å². The van der Waals surface area contributed by atoms with Crippen LogP contribution in [-0.2, 0) is 4.79 Å². The van der Waals surface area contributed by atoms with Gasteiger partial charge in [-0.2, -0.15) is 10.2 Å². The maximum Gasteiger partial charge on any atom is 0.347 e. The second kappa shape index (κ2) is 11.9. The molecule has 0 saturated carbocycles. The van der Waals surface area contributed by atoms with Gasteiger partial charge in [0, 0.05) is 31.2 Å². The minimum atomic E-state index is -1.18. The average Bonchev–Trinajstić information content (AvgIpc) is 3.14. The normalized spacial score (nSPS) is 16.2. The summed E-state index contributed by atoms with van der Waals surface area (Å²) in [7, 11) is 3.89. The molecule has 3 aromatic carbocycles. The van der Waals surface area contributed by atoms with Crippen molar-refractivity contribution in [1.29, 1.82) is 0 Å². The third kappa shape index (κ3) is 6.05. The van der Waals surface area contributed by atoms with Crippen molar-refractivity contribution >= 4 is 41.2 Å². The Morgan fingerprint density at radius 1 is 0.975 bits per heavy atom. The predicted octanol–water partition coefficient (Wildman–Crippen LogP) is 4.17. The number of benzene rings is 3. The van der Waals surface area contributed by atoms with Gasteiger partial charge in [-0.15, -0.1) is 0 Å². The van der Waals surface area contributed by atoms with Gasteiger partial charge in [-0.25, -0.2) is 15.0 Å². The molecule has 0 aliphatic carbocycles. The maximum atomic E-state index is 13.7. The summed E-state index contributed by atoms with van der Waals surface area (Å²) < 4.78 is 0. The van der Waals surface area contributed by atoms with Crippen LogP contribution in [-0.4, -0.2) is 71.7 Å². The Labute approximate surface area is 233 Å². The van der Waals surface area contributed by atoms with Crippen LogP contribution in [0.4, 0.5) is 26.7 Å². The molecule has 4 rings (SSSR count). The van der Waals surface area contributed by atoms with Crippen molar-refractivity contribution in [2.24, 2.45) is 5.10 Å². The third-order valence-corrected chi connectivity index (χ3v) is 6.62. The first-order valence-corrected chi connectivity index (χ1v) is 12.7. The molecule has 1 fully saturated rings. The fourth-order valence-corrected chi connectivity index (χ4v) is 4.49. The van der Waals surface area contributed by atoms with Gasteiger partial charge in [-0.05, 0) is 55.8 Å². The lowest BCUT2D eigenvalue weighted by atomic mass is 9.99. The van der Waals surface area contributed by atoms with Crippen molar-refractivity contribution in [3.8, 4) is 0 Å². The molecule has 0 spiro atoms. The number of hydroxylamine groups is 2. The zero-order chi connectivity index (χ0) is 28.9. The first kappa shape index (κ1) is 28.1. The van der Waals surface area contributed by atoms with E-state index in [2.05, 4.69) is 15.8 Å². The van der Waals surface area contributed by atoms with Crippen LogP contribution in [0.5, 0.6) is 0 Å². The minimum Gasteiger partial charge on any atom is -0.378 e. The number of para-hydroxylation sites is 2. The van der Waals surface area contributed by atoms with Crippen LogP contribution >= 0.6 is 0 Å². The van der Waals surface area contributed by atoms with Gasteiger partial charge in [0.25, 0.3) is 5.91 Å². The van der Waals surface area contributed by atoms with E-state index in [0.717, 1.165) is 11.3 Å². The van der Waals surface area contributed by atoms with Gasteiger partial charge in [0.15, 0.2) is 6.17 Å². The van der Waals surface area contributed by atoms with E-state index in [1.807, 2.05) is 43.3 Å². The molecule has 11 heteroatoms. The van der Waals surface area contributed by atoms with Crippen molar-refractivity contribution in [3.63, 3.8) is 0 Å². The first-order valence-electron chi connectivity index (χ1n) is 12.7. The minimum absolute atomic E-state index is 0.350. The SMILES string of the molecule is CN(C)c1ccc(C=NNC(=O)CN2C(=O)N(c3ccccc3)[C@@H](N(O)C(=O)Nc3ccccc3)C2(C)C)cc1. The quantitative estimate of drug-likeness (QED) is 0.224. The number of rotatable bonds is 8. The second-order valence-corrected chi connectivity index (χ2v) is 10.0. The number of hydrogen-bond acceptors (Lipinski definition) is 6. The number of urea groups is 2. The number of carbonyl (C=O) groups excluding carboxylic acids is 3. The molecule has 40 heavy (non-hydrogen) atoms. The topological polar surface area (TPSA) is 121 Å². The van der Waals surface area contributed by atoms with Gasteiger partial charge in [-0.1, -0.05) is 48.5 Å². The van der Waals surface area contributed by atoms with E-state index in [1.165, 1.54) is 16.0 Å². The third-order valence-electron chi connectivity index (χ3n) is 6.62. The van der Waals surface area contributed by atoms with E-state index in [4.69, 9.17) is 0 Å². The van der Waals surface area contributed by atoms with Crippen molar-refractivity contribution in [3.05, 3.63) is 90.5 Å². The highest BCUT2D eigenvalue weighted by molar-refractivity contribution is 6.00. The van der Waals surface area contributed by atoms with E-state index in [0.29, 0.717) is 16.4 Å². The maximum absolute atomic E-state index is 13.7. The second-order valence-electron chi connectivity index (χ2n) is 10.0. The Bertz CT molecular complexity index is 1360. The van der Waals surface area contributed by atoms with Crippen molar-refractivity contribution in [2.75, 3.05) is 35.8 Å².